The number of halogens is 1. The van der Waals surface area contributed by atoms with E-state index in [-0.39, 0.29) is 41.6 Å². The van der Waals surface area contributed by atoms with E-state index < -0.39 is 0 Å². The smallest absolute Gasteiger partial charge is 0.227 e. The van der Waals surface area contributed by atoms with Gasteiger partial charge in [-0.25, -0.2) is 0 Å². The third kappa shape index (κ3) is 7.42. The number of rotatable bonds is 8. The molecule has 0 aliphatic heterocycles. The molecule has 27 heavy (non-hydrogen) atoms. The zero-order chi connectivity index (χ0) is 19.2. The number of ketones is 1. The second kappa shape index (κ2) is 10.6. The Hall–Kier alpha value is -1.73. The lowest BCUT2D eigenvalue weighted by molar-refractivity contribution is -0.870. The van der Waals surface area contributed by atoms with Crippen molar-refractivity contribution in [2.75, 3.05) is 34.2 Å². The van der Waals surface area contributed by atoms with Crippen molar-refractivity contribution >= 4 is 11.7 Å². The van der Waals surface area contributed by atoms with Crippen molar-refractivity contribution < 1.29 is 38.0 Å². The molecule has 1 N–H and O–H groups in total. The summed E-state index contributed by atoms with van der Waals surface area (Å²) >= 11 is 0. The predicted octanol–water partition coefficient (Wildman–Crippen LogP) is 0.238. The van der Waals surface area contributed by atoms with Crippen LogP contribution in [0.3, 0.4) is 0 Å². The van der Waals surface area contributed by atoms with Crippen LogP contribution in [-0.2, 0) is 4.79 Å². The molecule has 146 valence electrons. The Morgan fingerprint density at radius 1 is 0.963 bits per heavy atom. The third-order valence-corrected chi connectivity index (χ3v) is 4.38. The van der Waals surface area contributed by atoms with Crippen molar-refractivity contribution in [1.29, 1.82) is 0 Å². The molecule has 0 saturated carbocycles. The molecule has 0 aromatic heterocycles. The van der Waals surface area contributed by atoms with Gasteiger partial charge in [0.05, 0.1) is 33.6 Å². The van der Waals surface area contributed by atoms with E-state index in [1.165, 1.54) is 0 Å². The van der Waals surface area contributed by atoms with Gasteiger partial charge in [-0.2, -0.15) is 0 Å². The van der Waals surface area contributed by atoms with Crippen molar-refractivity contribution in [3.05, 3.63) is 71.3 Å². The molecule has 1 atom stereocenters. The molecule has 0 aliphatic carbocycles. The Balaban J connectivity index is 0.00000364. The van der Waals surface area contributed by atoms with Crippen LogP contribution in [0.2, 0.25) is 0 Å². The predicted molar refractivity (Wildman–Crippen MR) is 105 cm³/mol. The van der Waals surface area contributed by atoms with Gasteiger partial charge in [0.25, 0.3) is 0 Å². The molecule has 0 fully saturated rings. The van der Waals surface area contributed by atoms with Crippen LogP contribution in [0.4, 0.5) is 0 Å². The largest absolute Gasteiger partial charge is 1.00 e. The maximum atomic E-state index is 12.6. The molecule has 0 saturated heterocycles. The first kappa shape index (κ1) is 23.3. The number of hydrogen-bond acceptors (Lipinski definition) is 2. The van der Waals surface area contributed by atoms with Gasteiger partial charge in [0.1, 0.15) is 0 Å². The van der Waals surface area contributed by atoms with Crippen LogP contribution in [0.5, 0.6) is 0 Å². The van der Waals surface area contributed by atoms with E-state index in [1.54, 1.807) is 18.2 Å². The Morgan fingerprint density at radius 2 is 1.59 bits per heavy atom. The van der Waals surface area contributed by atoms with Gasteiger partial charge in [-0.15, -0.1) is 0 Å². The minimum Gasteiger partial charge on any atom is -1.00 e. The number of carbonyl (C=O) groups excluding carboxylic acids is 2. The number of nitrogens with one attached hydrogen (secondary N) is 1. The van der Waals surface area contributed by atoms with E-state index >= 15 is 0 Å². The molecule has 5 heteroatoms. The van der Waals surface area contributed by atoms with Crippen molar-refractivity contribution in [3.8, 4) is 0 Å². The Labute approximate surface area is 179 Å². The molecular formula is C22H29IN2O2. The molecule has 2 rings (SSSR count). The van der Waals surface area contributed by atoms with Crippen molar-refractivity contribution in [1.82, 2.24) is 5.32 Å². The minimum absolute atomic E-state index is 0. The van der Waals surface area contributed by atoms with E-state index in [4.69, 9.17) is 0 Å². The molecule has 0 spiro atoms. The molecule has 0 radical (unpaired) electrons. The fourth-order valence-corrected chi connectivity index (χ4v) is 2.77. The quantitative estimate of drug-likeness (QED) is 0.255. The highest BCUT2D eigenvalue weighted by Crippen LogP contribution is 2.19. The summed E-state index contributed by atoms with van der Waals surface area (Å²) in [6.45, 7) is 3.55. The van der Waals surface area contributed by atoms with Crippen LogP contribution < -0.4 is 29.3 Å². The number of amides is 1. The lowest BCUT2D eigenvalue weighted by Gasteiger charge is -2.24. The van der Waals surface area contributed by atoms with Crippen molar-refractivity contribution in [2.24, 2.45) is 0 Å². The van der Waals surface area contributed by atoms with E-state index in [0.29, 0.717) is 17.7 Å². The van der Waals surface area contributed by atoms with Crippen molar-refractivity contribution in [2.45, 2.75) is 19.3 Å². The summed E-state index contributed by atoms with van der Waals surface area (Å²) in [5.41, 5.74) is 2.12. The van der Waals surface area contributed by atoms with Crippen LogP contribution >= 0.6 is 0 Å². The van der Waals surface area contributed by atoms with E-state index in [1.807, 2.05) is 43.3 Å². The first-order chi connectivity index (χ1) is 12.3. The summed E-state index contributed by atoms with van der Waals surface area (Å²) < 4.78 is 0.884. The Kier molecular flexibility index (Phi) is 9.12. The second-order valence-corrected chi connectivity index (χ2v) is 7.70. The lowest BCUT2D eigenvalue weighted by Crippen LogP contribution is -3.00. The molecule has 0 aliphatic rings. The second-order valence-electron chi connectivity index (χ2n) is 7.70. The highest BCUT2D eigenvalue weighted by molar-refractivity contribution is 6.09. The van der Waals surface area contributed by atoms with Crippen molar-refractivity contribution in [3.63, 3.8) is 0 Å². The molecule has 4 nitrogen and oxygen atoms in total. The van der Waals surface area contributed by atoms with Gasteiger partial charge in [-0.05, 0) is 18.6 Å². The van der Waals surface area contributed by atoms with E-state index in [0.717, 1.165) is 23.0 Å². The third-order valence-electron chi connectivity index (χ3n) is 4.38. The van der Waals surface area contributed by atoms with Gasteiger partial charge < -0.3 is 33.8 Å². The average molecular weight is 480 g/mol. The van der Waals surface area contributed by atoms with Crippen LogP contribution in [0.1, 0.15) is 40.7 Å². The number of nitrogens with zero attached hydrogens (tertiary/aromatic N) is 1. The van der Waals surface area contributed by atoms with Crippen LogP contribution in [0, 0.1) is 0 Å². The normalized spacial score (nSPS) is 12.0. The number of hydrogen-bond donors (Lipinski definition) is 1. The van der Waals surface area contributed by atoms with Gasteiger partial charge in [0.2, 0.25) is 5.91 Å². The number of benzene rings is 2. The fourth-order valence-electron chi connectivity index (χ4n) is 2.77. The fraction of sp³-hybridized carbons (Fsp3) is 0.364. The summed E-state index contributed by atoms with van der Waals surface area (Å²) in [6, 6.07) is 16.6. The van der Waals surface area contributed by atoms with Crippen LogP contribution in [0.25, 0.3) is 0 Å². The maximum absolute atomic E-state index is 12.6. The first-order valence-electron chi connectivity index (χ1n) is 9.06. The van der Waals surface area contributed by atoms with Crippen LogP contribution in [0.15, 0.2) is 54.6 Å². The highest BCUT2D eigenvalue weighted by atomic mass is 127. The van der Waals surface area contributed by atoms with Gasteiger partial charge in [-0.3, -0.25) is 9.59 Å². The molecular weight excluding hydrogens is 451 g/mol. The zero-order valence-electron chi connectivity index (χ0n) is 16.5. The van der Waals surface area contributed by atoms with Gasteiger partial charge >= 0.3 is 0 Å². The van der Waals surface area contributed by atoms with Gasteiger partial charge in [0.15, 0.2) is 5.78 Å². The summed E-state index contributed by atoms with van der Waals surface area (Å²) in [7, 11) is 6.42. The van der Waals surface area contributed by atoms with Gasteiger partial charge in [-0.1, -0.05) is 48.5 Å². The van der Waals surface area contributed by atoms with Gasteiger partial charge in [0, 0.05) is 24.1 Å². The molecule has 2 aromatic carbocycles. The monoisotopic (exact) mass is 480 g/mol. The molecule has 0 bridgehead atoms. The minimum atomic E-state index is -0.289. The first-order valence-corrected chi connectivity index (χ1v) is 9.06. The number of quaternary nitrogens is 1. The standard InChI is InChI=1S/C22H28N2O2.HI/c1-17(22(26)23-14-9-15-24(2,3)4)19-12-8-13-20(16-19)21(25)18-10-6-5-7-11-18;/h5-8,10-13,16-17H,9,14-15H2,1-4H3;1H/t17-;/m1./s1. The maximum Gasteiger partial charge on any atom is 0.227 e. The molecule has 0 heterocycles. The average Bonchev–Trinajstić information content (AvgIpc) is 2.64. The molecule has 2 aromatic rings. The van der Waals surface area contributed by atoms with Crippen LogP contribution in [-0.4, -0.2) is 50.4 Å². The Morgan fingerprint density at radius 3 is 2.22 bits per heavy atom. The summed E-state index contributed by atoms with van der Waals surface area (Å²) in [4.78, 5) is 25.0. The summed E-state index contributed by atoms with van der Waals surface area (Å²) in [6.07, 6.45) is 0.939. The summed E-state index contributed by atoms with van der Waals surface area (Å²) in [5, 5.41) is 3.00. The SMILES string of the molecule is C[C@@H](C(=O)NCCC[N+](C)(C)C)c1cccc(C(=O)c2ccccc2)c1.[I-]. The Bertz CT molecular complexity index is 754. The lowest BCUT2D eigenvalue weighted by atomic mass is 9.95. The highest BCUT2D eigenvalue weighted by Gasteiger charge is 2.17. The zero-order valence-corrected chi connectivity index (χ0v) is 18.7. The summed E-state index contributed by atoms with van der Waals surface area (Å²) in [5.74, 6) is -0.318. The van der Waals surface area contributed by atoms with E-state index in [9.17, 15) is 9.59 Å². The molecule has 1 amide bonds. The van der Waals surface area contributed by atoms with E-state index in [2.05, 4.69) is 26.5 Å². The topological polar surface area (TPSA) is 46.2 Å². The molecule has 0 unspecified atom stereocenters. The number of carbonyl (C=O) groups is 2.